The molecule has 0 radical (unpaired) electrons. The van der Waals surface area contributed by atoms with Crippen LogP contribution in [0.15, 0.2) is 18.5 Å². The van der Waals surface area contributed by atoms with Crippen molar-refractivity contribution in [2.45, 2.75) is 19.3 Å². The van der Waals surface area contributed by atoms with Gasteiger partial charge in [-0.25, -0.2) is 5.01 Å². The van der Waals surface area contributed by atoms with Crippen LogP contribution in [0.3, 0.4) is 0 Å². The molecule has 0 spiro atoms. The highest BCUT2D eigenvalue weighted by molar-refractivity contribution is 4.69. The maximum Gasteiger partial charge on any atom is 0.0529 e. The summed E-state index contributed by atoms with van der Waals surface area (Å²) in [6.45, 7) is 2.19. The standard InChI is InChI=1S/C5H12N2.C3H3N3/c6-7-4-2-1-3-5-7;1-2-4-6-5-3-1/h1-6H2;1-3H. The van der Waals surface area contributed by atoms with E-state index < -0.39 is 0 Å². The average Bonchev–Trinajstić information content (AvgIpc) is 2.22. The topological polar surface area (TPSA) is 67.9 Å². The Labute approximate surface area is 77.9 Å². The lowest BCUT2D eigenvalue weighted by molar-refractivity contribution is 0.235. The lowest BCUT2D eigenvalue weighted by atomic mass is 10.2. The highest BCUT2D eigenvalue weighted by Crippen LogP contribution is 2.03. The number of hydrogen-bond donors (Lipinski definition) is 1. The molecule has 1 saturated heterocycles. The Morgan fingerprint density at radius 2 is 1.62 bits per heavy atom. The van der Waals surface area contributed by atoms with Gasteiger partial charge in [-0.3, -0.25) is 5.84 Å². The molecule has 2 N–H and O–H groups in total. The lowest BCUT2D eigenvalue weighted by Crippen LogP contribution is -2.35. The molecule has 2 heterocycles. The summed E-state index contributed by atoms with van der Waals surface area (Å²) in [6.07, 6.45) is 7.10. The first kappa shape index (κ1) is 10.0. The number of rotatable bonds is 0. The van der Waals surface area contributed by atoms with Gasteiger partial charge in [-0.2, -0.15) is 0 Å². The lowest BCUT2D eigenvalue weighted by Gasteiger charge is -2.20. The Bertz CT molecular complexity index is 170. The molecule has 13 heavy (non-hydrogen) atoms. The molecule has 0 atom stereocenters. The van der Waals surface area contributed by atoms with Gasteiger partial charge >= 0.3 is 0 Å². The van der Waals surface area contributed by atoms with Crippen molar-refractivity contribution in [3.63, 3.8) is 0 Å². The van der Waals surface area contributed by atoms with E-state index in [2.05, 4.69) is 15.4 Å². The first-order chi connectivity index (χ1) is 6.39. The number of piperidine rings is 1. The Balaban J connectivity index is 0.000000132. The molecule has 0 amide bonds. The van der Waals surface area contributed by atoms with Crippen molar-refractivity contribution in [1.29, 1.82) is 0 Å². The van der Waals surface area contributed by atoms with Gasteiger partial charge in [0.05, 0.1) is 12.4 Å². The summed E-state index contributed by atoms with van der Waals surface area (Å²) < 4.78 is 0. The van der Waals surface area contributed by atoms with Crippen molar-refractivity contribution in [3.05, 3.63) is 18.5 Å². The number of nitrogens with zero attached hydrogens (tertiary/aromatic N) is 4. The average molecular weight is 181 g/mol. The van der Waals surface area contributed by atoms with Crippen LogP contribution in [-0.2, 0) is 0 Å². The first-order valence-electron chi connectivity index (χ1n) is 4.47. The van der Waals surface area contributed by atoms with Crippen LogP contribution in [0.25, 0.3) is 0 Å². The molecule has 2 rings (SSSR count). The van der Waals surface area contributed by atoms with Crippen LogP contribution in [0, 0.1) is 0 Å². The Hall–Kier alpha value is -1.07. The number of nitrogens with two attached hydrogens (primary N) is 1. The van der Waals surface area contributed by atoms with Crippen LogP contribution in [0.1, 0.15) is 19.3 Å². The van der Waals surface area contributed by atoms with E-state index in [1.54, 1.807) is 18.5 Å². The summed E-state index contributed by atoms with van der Waals surface area (Å²) in [6, 6.07) is 1.72. The van der Waals surface area contributed by atoms with Gasteiger partial charge in [0, 0.05) is 13.1 Å². The van der Waals surface area contributed by atoms with Crippen LogP contribution in [0.4, 0.5) is 0 Å². The molecule has 1 fully saturated rings. The van der Waals surface area contributed by atoms with Crippen LogP contribution < -0.4 is 5.84 Å². The monoisotopic (exact) mass is 181 g/mol. The number of hydrazine groups is 1. The van der Waals surface area contributed by atoms with E-state index >= 15 is 0 Å². The fourth-order valence-corrected chi connectivity index (χ4v) is 1.12. The number of aromatic nitrogens is 3. The maximum absolute atomic E-state index is 5.47. The summed E-state index contributed by atoms with van der Waals surface area (Å²) in [5.41, 5.74) is 0. The second kappa shape index (κ2) is 6.45. The largest absolute Gasteiger partial charge is 0.269 e. The molecular weight excluding hydrogens is 166 g/mol. The third-order valence-electron chi connectivity index (χ3n) is 1.80. The predicted octanol–water partition coefficient (Wildman–Crippen LogP) is 0.218. The molecule has 1 aliphatic rings. The third-order valence-corrected chi connectivity index (χ3v) is 1.80. The van der Waals surface area contributed by atoms with Gasteiger partial charge in [0.15, 0.2) is 0 Å². The van der Waals surface area contributed by atoms with Crippen molar-refractivity contribution in [2.24, 2.45) is 5.84 Å². The van der Waals surface area contributed by atoms with Crippen LogP contribution in [0.5, 0.6) is 0 Å². The van der Waals surface area contributed by atoms with Gasteiger partial charge in [-0.05, 0) is 24.1 Å². The SMILES string of the molecule is NN1CCCCC1.c1cnnnc1. The summed E-state index contributed by atoms with van der Waals surface area (Å²) in [4.78, 5) is 0. The van der Waals surface area contributed by atoms with Gasteiger partial charge in [-0.1, -0.05) is 6.42 Å². The van der Waals surface area contributed by atoms with E-state index in [-0.39, 0.29) is 0 Å². The fourth-order valence-electron chi connectivity index (χ4n) is 1.12. The molecule has 0 aromatic carbocycles. The highest BCUT2D eigenvalue weighted by Gasteiger charge is 2.02. The smallest absolute Gasteiger partial charge is 0.0529 e. The minimum absolute atomic E-state index is 1.10. The summed E-state index contributed by atoms with van der Waals surface area (Å²) in [7, 11) is 0. The second-order valence-electron chi connectivity index (χ2n) is 2.91. The van der Waals surface area contributed by atoms with E-state index in [1.165, 1.54) is 19.3 Å². The van der Waals surface area contributed by atoms with Gasteiger partial charge in [0.25, 0.3) is 0 Å². The molecule has 0 aliphatic carbocycles. The summed E-state index contributed by atoms with van der Waals surface area (Å²) >= 11 is 0. The first-order valence-corrected chi connectivity index (χ1v) is 4.47. The fraction of sp³-hybridized carbons (Fsp3) is 0.625. The molecule has 0 saturated carbocycles. The van der Waals surface area contributed by atoms with Gasteiger partial charge in [0.1, 0.15) is 0 Å². The quantitative estimate of drug-likeness (QED) is 0.580. The number of hydrogen-bond acceptors (Lipinski definition) is 5. The summed E-state index contributed by atoms with van der Waals surface area (Å²) in [5, 5.41) is 12.0. The van der Waals surface area contributed by atoms with Crippen molar-refractivity contribution in [3.8, 4) is 0 Å². The molecule has 0 bridgehead atoms. The molecule has 5 nitrogen and oxygen atoms in total. The minimum Gasteiger partial charge on any atom is -0.269 e. The zero-order chi connectivity index (χ0) is 9.36. The van der Waals surface area contributed by atoms with Crippen molar-refractivity contribution in [1.82, 2.24) is 20.4 Å². The summed E-state index contributed by atoms with van der Waals surface area (Å²) in [5.74, 6) is 5.47. The molecule has 72 valence electrons. The Morgan fingerprint density at radius 3 is 1.85 bits per heavy atom. The van der Waals surface area contributed by atoms with Gasteiger partial charge < -0.3 is 0 Å². The predicted molar refractivity (Wildman–Crippen MR) is 49.4 cm³/mol. The van der Waals surface area contributed by atoms with E-state index in [1.807, 2.05) is 5.01 Å². The zero-order valence-electron chi connectivity index (χ0n) is 7.63. The van der Waals surface area contributed by atoms with E-state index in [4.69, 9.17) is 5.84 Å². The highest BCUT2D eigenvalue weighted by atomic mass is 15.4. The van der Waals surface area contributed by atoms with E-state index in [0.29, 0.717) is 0 Å². The van der Waals surface area contributed by atoms with Crippen LogP contribution in [0.2, 0.25) is 0 Å². The molecule has 0 unspecified atom stereocenters. The molecular formula is C8H15N5. The van der Waals surface area contributed by atoms with Crippen LogP contribution in [-0.4, -0.2) is 33.5 Å². The van der Waals surface area contributed by atoms with E-state index in [9.17, 15) is 0 Å². The molecule has 5 heteroatoms. The van der Waals surface area contributed by atoms with Gasteiger partial charge in [0.2, 0.25) is 0 Å². The van der Waals surface area contributed by atoms with E-state index in [0.717, 1.165) is 13.1 Å². The maximum atomic E-state index is 5.47. The minimum atomic E-state index is 1.10. The van der Waals surface area contributed by atoms with Crippen molar-refractivity contribution in [2.75, 3.05) is 13.1 Å². The van der Waals surface area contributed by atoms with Crippen molar-refractivity contribution >= 4 is 0 Å². The molecule has 1 aromatic rings. The zero-order valence-corrected chi connectivity index (χ0v) is 7.63. The Morgan fingerprint density at radius 1 is 1.00 bits per heavy atom. The second-order valence-corrected chi connectivity index (χ2v) is 2.91. The normalized spacial score (nSPS) is 17.3. The Kier molecular flexibility index (Phi) is 4.97. The van der Waals surface area contributed by atoms with Crippen molar-refractivity contribution < 1.29 is 0 Å². The molecule has 1 aromatic heterocycles. The molecule has 1 aliphatic heterocycles. The van der Waals surface area contributed by atoms with Crippen LogP contribution >= 0.6 is 0 Å². The third kappa shape index (κ3) is 5.21. The van der Waals surface area contributed by atoms with Gasteiger partial charge in [-0.15, -0.1) is 10.2 Å².